The van der Waals surface area contributed by atoms with Crippen LogP contribution in [0.2, 0.25) is 0 Å². The van der Waals surface area contributed by atoms with Crippen LogP contribution in [0.25, 0.3) is 0 Å². The summed E-state index contributed by atoms with van der Waals surface area (Å²) in [6.45, 7) is 9.52. The Labute approximate surface area is 117 Å². The van der Waals surface area contributed by atoms with Crippen LogP contribution in [0.4, 0.5) is 0 Å². The van der Waals surface area contributed by atoms with Crippen molar-refractivity contribution < 1.29 is 0 Å². The largest absolute Gasteiger partial charge is 0.356 e. The third kappa shape index (κ3) is 5.77. The summed E-state index contributed by atoms with van der Waals surface area (Å²) < 4.78 is 0. The van der Waals surface area contributed by atoms with Crippen LogP contribution in [0.1, 0.15) is 37.0 Å². The lowest BCUT2D eigenvalue weighted by molar-refractivity contribution is 0.624. The maximum Gasteiger partial charge on any atom is 0.191 e. The summed E-state index contributed by atoms with van der Waals surface area (Å²) in [6, 6.07) is 7.16. The summed E-state index contributed by atoms with van der Waals surface area (Å²) in [5.74, 6) is 0.888. The van der Waals surface area contributed by atoms with Crippen LogP contribution in [0.15, 0.2) is 23.2 Å². The Hall–Kier alpha value is -1.51. The summed E-state index contributed by atoms with van der Waals surface area (Å²) in [5, 5.41) is 6.73. The van der Waals surface area contributed by atoms with Crippen LogP contribution in [0.3, 0.4) is 0 Å². The van der Waals surface area contributed by atoms with Crippen LogP contribution in [0.5, 0.6) is 0 Å². The van der Waals surface area contributed by atoms with E-state index in [1.807, 2.05) is 7.05 Å². The molecule has 0 aromatic heterocycles. The van der Waals surface area contributed by atoms with Gasteiger partial charge in [0.05, 0.1) is 0 Å². The van der Waals surface area contributed by atoms with E-state index in [0.29, 0.717) is 6.04 Å². The number of aryl methyl sites for hydroxylation is 2. The van der Waals surface area contributed by atoms with Crippen molar-refractivity contribution in [3.05, 3.63) is 34.9 Å². The first kappa shape index (κ1) is 15.5. The van der Waals surface area contributed by atoms with Gasteiger partial charge in [-0.2, -0.15) is 0 Å². The van der Waals surface area contributed by atoms with E-state index in [9.17, 15) is 0 Å². The van der Waals surface area contributed by atoms with Gasteiger partial charge in [0, 0.05) is 19.6 Å². The summed E-state index contributed by atoms with van der Waals surface area (Å²) in [5.41, 5.74) is 4.04. The average molecular weight is 261 g/mol. The third-order valence-corrected chi connectivity index (χ3v) is 3.21. The summed E-state index contributed by atoms with van der Waals surface area (Å²) >= 11 is 0. The second-order valence-electron chi connectivity index (χ2n) is 5.20. The highest BCUT2D eigenvalue weighted by Gasteiger charge is 2.02. The van der Waals surface area contributed by atoms with Gasteiger partial charge in [0.2, 0.25) is 0 Å². The first-order valence-corrected chi connectivity index (χ1v) is 7.09. The highest BCUT2D eigenvalue weighted by molar-refractivity contribution is 5.79. The van der Waals surface area contributed by atoms with Crippen molar-refractivity contribution >= 4 is 5.96 Å². The average Bonchev–Trinajstić information content (AvgIpc) is 2.36. The topological polar surface area (TPSA) is 36.4 Å². The van der Waals surface area contributed by atoms with Crippen molar-refractivity contribution in [1.29, 1.82) is 0 Å². The number of benzene rings is 1. The highest BCUT2D eigenvalue weighted by atomic mass is 15.2. The summed E-state index contributed by atoms with van der Waals surface area (Å²) in [6.07, 6.45) is 2.11. The standard InChI is InChI=1S/C16H27N3/c1-6-14(4)19-16(17-5)18-8-7-15-10-12(2)9-13(3)11-15/h9-11,14H,6-8H2,1-5H3,(H2,17,18,19). The van der Waals surface area contributed by atoms with E-state index in [4.69, 9.17) is 0 Å². The van der Waals surface area contributed by atoms with E-state index >= 15 is 0 Å². The molecule has 1 aromatic rings. The van der Waals surface area contributed by atoms with E-state index < -0.39 is 0 Å². The van der Waals surface area contributed by atoms with E-state index in [1.54, 1.807) is 0 Å². The molecule has 0 saturated carbocycles. The molecule has 0 heterocycles. The lowest BCUT2D eigenvalue weighted by Crippen LogP contribution is -2.42. The van der Waals surface area contributed by atoms with E-state index in [-0.39, 0.29) is 0 Å². The van der Waals surface area contributed by atoms with E-state index in [0.717, 1.165) is 25.3 Å². The van der Waals surface area contributed by atoms with Gasteiger partial charge in [-0.25, -0.2) is 0 Å². The monoisotopic (exact) mass is 261 g/mol. The number of nitrogens with zero attached hydrogens (tertiary/aromatic N) is 1. The molecule has 3 heteroatoms. The molecule has 106 valence electrons. The third-order valence-electron chi connectivity index (χ3n) is 3.21. The molecule has 3 nitrogen and oxygen atoms in total. The summed E-state index contributed by atoms with van der Waals surface area (Å²) in [7, 11) is 1.81. The minimum atomic E-state index is 0.451. The van der Waals surface area contributed by atoms with Crippen LogP contribution in [-0.4, -0.2) is 25.6 Å². The second-order valence-corrected chi connectivity index (χ2v) is 5.20. The van der Waals surface area contributed by atoms with Gasteiger partial charge in [0.25, 0.3) is 0 Å². The Balaban J connectivity index is 2.44. The predicted molar refractivity (Wildman–Crippen MR) is 83.9 cm³/mol. The molecular formula is C16H27N3. The molecule has 0 aliphatic rings. The smallest absolute Gasteiger partial charge is 0.191 e. The molecule has 1 rings (SSSR count). The molecule has 0 fully saturated rings. The molecule has 2 N–H and O–H groups in total. The molecule has 0 spiro atoms. The molecule has 1 atom stereocenters. The minimum Gasteiger partial charge on any atom is -0.356 e. The van der Waals surface area contributed by atoms with Gasteiger partial charge in [0.1, 0.15) is 0 Å². The molecule has 0 aliphatic heterocycles. The Morgan fingerprint density at radius 3 is 2.37 bits per heavy atom. The lowest BCUT2D eigenvalue weighted by atomic mass is 10.1. The number of aliphatic imine (C=N–C) groups is 1. The molecule has 0 amide bonds. The SMILES string of the molecule is CCC(C)NC(=NC)NCCc1cc(C)cc(C)c1. The van der Waals surface area contributed by atoms with Gasteiger partial charge in [-0.05, 0) is 39.2 Å². The zero-order valence-corrected chi connectivity index (χ0v) is 12.9. The quantitative estimate of drug-likeness (QED) is 0.631. The van der Waals surface area contributed by atoms with Crippen molar-refractivity contribution in [3.63, 3.8) is 0 Å². The van der Waals surface area contributed by atoms with E-state index in [2.05, 4.69) is 61.5 Å². The Bertz CT molecular complexity index is 404. The van der Waals surface area contributed by atoms with Crippen LogP contribution in [0, 0.1) is 13.8 Å². The fourth-order valence-corrected chi connectivity index (χ4v) is 2.07. The first-order chi connectivity index (χ1) is 9.05. The zero-order valence-electron chi connectivity index (χ0n) is 12.9. The zero-order chi connectivity index (χ0) is 14.3. The number of rotatable bonds is 5. The second kappa shape index (κ2) is 7.82. The maximum atomic E-state index is 4.24. The number of nitrogens with one attached hydrogen (secondary N) is 2. The minimum absolute atomic E-state index is 0.451. The molecular weight excluding hydrogens is 234 g/mol. The number of hydrogen-bond donors (Lipinski definition) is 2. The molecule has 0 radical (unpaired) electrons. The fourth-order valence-electron chi connectivity index (χ4n) is 2.07. The molecule has 0 bridgehead atoms. The molecule has 1 unspecified atom stereocenters. The van der Waals surface area contributed by atoms with Crippen LogP contribution >= 0.6 is 0 Å². The number of guanidine groups is 1. The predicted octanol–water partition coefficient (Wildman–Crippen LogP) is 2.81. The Kier molecular flexibility index (Phi) is 6.40. The molecule has 19 heavy (non-hydrogen) atoms. The normalized spacial score (nSPS) is 13.2. The van der Waals surface area contributed by atoms with Gasteiger partial charge in [-0.1, -0.05) is 36.2 Å². The maximum absolute atomic E-state index is 4.24. The van der Waals surface area contributed by atoms with Gasteiger partial charge < -0.3 is 10.6 Å². The molecule has 0 saturated heterocycles. The van der Waals surface area contributed by atoms with Crippen molar-refractivity contribution in [2.75, 3.05) is 13.6 Å². The van der Waals surface area contributed by atoms with Gasteiger partial charge in [0.15, 0.2) is 5.96 Å². The van der Waals surface area contributed by atoms with Crippen LogP contribution < -0.4 is 10.6 Å². The Morgan fingerprint density at radius 2 is 1.84 bits per heavy atom. The van der Waals surface area contributed by atoms with Crippen molar-refractivity contribution in [3.8, 4) is 0 Å². The highest BCUT2D eigenvalue weighted by Crippen LogP contribution is 2.08. The summed E-state index contributed by atoms with van der Waals surface area (Å²) in [4.78, 5) is 4.24. The molecule has 0 aliphatic carbocycles. The molecule has 1 aromatic carbocycles. The van der Waals surface area contributed by atoms with Crippen molar-refractivity contribution in [1.82, 2.24) is 10.6 Å². The van der Waals surface area contributed by atoms with Gasteiger partial charge in [-0.15, -0.1) is 0 Å². The van der Waals surface area contributed by atoms with E-state index in [1.165, 1.54) is 16.7 Å². The van der Waals surface area contributed by atoms with Crippen LogP contribution in [-0.2, 0) is 6.42 Å². The first-order valence-electron chi connectivity index (χ1n) is 7.09. The lowest BCUT2D eigenvalue weighted by Gasteiger charge is -2.16. The fraction of sp³-hybridized carbons (Fsp3) is 0.562. The number of hydrogen-bond acceptors (Lipinski definition) is 1. The Morgan fingerprint density at radius 1 is 1.21 bits per heavy atom. The van der Waals surface area contributed by atoms with Crippen molar-refractivity contribution in [2.45, 2.75) is 46.6 Å². The van der Waals surface area contributed by atoms with Gasteiger partial charge in [-0.3, -0.25) is 4.99 Å². The van der Waals surface area contributed by atoms with Gasteiger partial charge >= 0.3 is 0 Å². The van der Waals surface area contributed by atoms with Crippen molar-refractivity contribution in [2.24, 2.45) is 4.99 Å².